The second-order valence-corrected chi connectivity index (χ2v) is 6.35. The predicted molar refractivity (Wildman–Crippen MR) is 118 cm³/mol. The molecule has 2 heterocycles. The second kappa shape index (κ2) is 11.2. The monoisotopic (exact) mass is 504 g/mol. The molecule has 0 radical (unpaired) electrons. The summed E-state index contributed by atoms with van der Waals surface area (Å²) in [6.45, 7) is 8.84. The average Bonchev–Trinajstić information content (AvgIpc) is 3.15. The highest BCUT2D eigenvalue weighted by atomic mass is 127. The van der Waals surface area contributed by atoms with Gasteiger partial charge in [-0.15, -0.1) is 24.0 Å². The number of guanidine groups is 1. The Kier molecular flexibility index (Phi) is 8.94. The van der Waals surface area contributed by atoms with Crippen LogP contribution in [0.25, 0.3) is 0 Å². The number of halogens is 1. The molecule has 2 aliphatic heterocycles. The van der Waals surface area contributed by atoms with Crippen LogP contribution in [0, 0.1) is 0 Å². The third-order valence-corrected chi connectivity index (χ3v) is 4.54. The fourth-order valence-electron chi connectivity index (χ4n) is 3.13. The summed E-state index contributed by atoms with van der Waals surface area (Å²) in [5.41, 5.74) is 1.17. The number of nitrogens with one attached hydrogen (secondary N) is 1. The lowest BCUT2D eigenvalue weighted by atomic mass is 10.1. The van der Waals surface area contributed by atoms with Crippen molar-refractivity contribution in [3.05, 3.63) is 23.8 Å². The molecule has 1 aromatic carbocycles. The summed E-state index contributed by atoms with van der Waals surface area (Å²) >= 11 is 0. The maximum Gasteiger partial charge on any atom is 0.409 e. The molecule has 1 N–H and O–H groups in total. The Balaban J connectivity index is 0.00000280. The summed E-state index contributed by atoms with van der Waals surface area (Å²) < 4.78 is 15.8. The summed E-state index contributed by atoms with van der Waals surface area (Å²) in [5, 5.41) is 3.35. The van der Waals surface area contributed by atoms with Crippen molar-refractivity contribution >= 4 is 36.0 Å². The number of hydrogen-bond donors (Lipinski definition) is 1. The average molecular weight is 504 g/mol. The number of amides is 1. The standard InChI is InChI=1S/C19H28N4O4.HI/c1-3-20-18(22-9-11-23(12-10-22)19(24)25-4-2)21-8-7-15-5-6-16-17(13-15)27-14-26-16;/h5-6,13H,3-4,7-12,14H2,1-2H3,(H,20,21);1H. The molecule has 0 unspecified atom stereocenters. The van der Waals surface area contributed by atoms with E-state index in [1.807, 2.05) is 25.1 Å². The predicted octanol–water partition coefficient (Wildman–Crippen LogP) is 2.32. The SMILES string of the molecule is CCNC(=NCCc1ccc2c(c1)OCO2)N1CCN(C(=O)OCC)CC1.I. The van der Waals surface area contributed by atoms with Crippen LogP contribution in [0.1, 0.15) is 19.4 Å². The molecule has 2 aliphatic rings. The van der Waals surface area contributed by atoms with E-state index in [0.717, 1.165) is 43.5 Å². The van der Waals surface area contributed by atoms with Crippen LogP contribution < -0.4 is 14.8 Å². The van der Waals surface area contributed by atoms with Crippen molar-refractivity contribution < 1.29 is 19.0 Å². The molecule has 9 heteroatoms. The second-order valence-electron chi connectivity index (χ2n) is 6.35. The zero-order chi connectivity index (χ0) is 19.1. The normalized spacial score (nSPS) is 15.9. The molecule has 156 valence electrons. The Morgan fingerprint density at radius 3 is 2.57 bits per heavy atom. The molecule has 8 nitrogen and oxygen atoms in total. The van der Waals surface area contributed by atoms with Gasteiger partial charge in [0.05, 0.1) is 6.61 Å². The lowest BCUT2D eigenvalue weighted by Crippen LogP contribution is -2.54. The third-order valence-electron chi connectivity index (χ3n) is 4.54. The molecular weight excluding hydrogens is 475 g/mol. The summed E-state index contributed by atoms with van der Waals surface area (Å²) in [6.07, 6.45) is 0.593. The lowest BCUT2D eigenvalue weighted by Gasteiger charge is -2.35. The molecule has 0 aromatic heterocycles. The highest BCUT2D eigenvalue weighted by Crippen LogP contribution is 2.32. The molecule has 0 aliphatic carbocycles. The number of ether oxygens (including phenoxy) is 3. The molecular formula is C19H29IN4O4. The summed E-state index contributed by atoms with van der Waals surface area (Å²) in [6, 6.07) is 6.01. The molecule has 1 aromatic rings. The summed E-state index contributed by atoms with van der Waals surface area (Å²) in [4.78, 5) is 20.5. The summed E-state index contributed by atoms with van der Waals surface area (Å²) in [5.74, 6) is 2.50. The van der Waals surface area contributed by atoms with Crippen LogP contribution >= 0.6 is 24.0 Å². The van der Waals surface area contributed by atoms with Crippen molar-refractivity contribution in [2.45, 2.75) is 20.3 Å². The lowest BCUT2D eigenvalue weighted by molar-refractivity contribution is 0.0914. The van der Waals surface area contributed by atoms with Crippen molar-refractivity contribution in [3.63, 3.8) is 0 Å². The van der Waals surface area contributed by atoms with Crippen LogP contribution in [-0.2, 0) is 11.2 Å². The Hall–Kier alpha value is -1.91. The maximum atomic E-state index is 11.8. The van der Waals surface area contributed by atoms with E-state index in [-0.39, 0.29) is 30.1 Å². The molecule has 1 amide bonds. The zero-order valence-electron chi connectivity index (χ0n) is 16.5. The number of benzene rings is 1. The van der Waals surface area contributed by atoms with E-state index in [0.29, 0.717) is 33.0 Å². The molecule has 0 spiro atoms. The summed E-state index contributed by atoms with van der Waals surface area (Å²) in [7, 11) is 0. The van der Waals surface area contributed by atoms with Gasteiger partial charge >= 0.3 is 6.09 Å². The van der Waals surface area contributed by atoms with Gasteiger partial charge in [0.2, 0.25) is 6.79 Å². The molecule has 0 bridgehead atoms. The largest absolute Gasteiger partial charge is 0.454 e. The molecule has 28 heavy (non-hydrogen) atoms. The van der Waals surface area contributed by atoms with Crippen LogP contribution in [0.4, 0.5) is 4.79 Å². The van der Waals surface area contributed by atoms with Gasteiger partial charge in [-0.1, -0.05) is 6.07 Å². The molecule has 1 fully saturated rings. The van der Waals surface area contributed by atoms with Crippen molar-refractivity contribution in [2.24, 2.45) is 4.99 Å². The highest BCUT2D eigenvalue weighted by Gasteiger charge is 2.23. The van der Waals surface area contributed by atoms with Gasteiger partial charge in [-0.3, -0.25) is 4.99 Å². The van der Waals surface area contributed by atoms with E-state index < -0.39 is 0 Å². The van der Waals surface area contributed by atoms with Gasteiger partial charge < -0.3 is 29.3 Å². The first-order valence-corrected chi connectivity index (χ1v) is 9.54. The van der Waals surface area contributed by atoms with Crippen LogP contribution in [0.5, 0.6) is 11.5 Å². The molecule has 3 rings (SSSR count). The van der Waals surface area contributed by atoms with Gasteiger partial charge in [0, 0.05) is 39.3 Å². The minimum absolute atomic E-state index is 0. The molecule has 1 saturated heterocycles. The van der Waals surface area contributed by atoms with Crippen molar-refractivity contribution in [1.29, 1.82) is 0 Å². The van der Waals surface area contributed by atoms with E-state index >= 15 is 0 Å². The van der Waals surface area contributed by atoms with E-state index in [1.165, 1.54) is 5.56 Å². The number of carbonyl (C=O) groups is 1. The first kappa shape index (κ1) is 22.4. The number of fused-ring (bicyclic) bond motifs is 1. The Morgan fingerprint density at radius 1 is 1.14 bits per heavy atom. The van der Waals surface area contributed by atoms with Crippen LogP contribution in [0.15, 0.2) is 23.2 Å². The van der Waals surface area contributed by atoms with Crippen LogP contribution in [0.2, 0.25) is 0 Å². The number of nitrogens with zero attached hydrogens (tertiary/aromatic N) is 3. The van der Waals surface area contributed by atoms with Gasteiger partial charge in [0.15, 0.2) is 17.5 Å². The van der Waals surface area contributed by atoms with E-state index in [4.69, 9.17) is 19.2 Å². The first-order chi connectivity index (χ1) is 13.2. The van der Waals surface area contributed by atoms with Gasteiger partial charge in [0.1, 0.15) is 0 Å². The number of rotatable bonds is 5. The van der Waals surface area contributed by atoms with Crippen molar-refractivity contribution in [2.75, 3.05) is 52.7 Å². The smallest absolute Gasteiger partial charge is 0.409 e. The minimum atomic E-state index is -0.234. The third kappa shape index (κ3) is 5.79. The quantitative estimate of drug-likeness (QED) is 0.377. The van der Waals surface area contributed by atoms with Gasteiger partial charge in [0.25, 0.3) is 0 Å². The van der Waals surface area contributed by atoms with E-state index in [9.17, 15) is 4.79 Å². The van der Waals surface area contributed by atoms with Crippen LogP contribution in [0.3, 0.4) is 0 Å². The molecule has 0 atom stereocenters. The van der Waals surface area contributed by atoms with Crippen molar-refractivity contribution in [1.82, 2.24) is 15.1 Å². The number of hydrogen-bond acceptors (Lipinski definition) is 5. The van der Waals surface area contributed by atoms with E-state index in [1.54, 1.807) is 4.90 Å². The van der Waals surface area contributed by atoms with Gasteiger partial charge in [-0.25, -0.2) is 4.79 Å². The Bertz CT molecular complexity index is 678. The fraction of sp³-hybridized carbons (Fsp3) is 0.579. The number of aliphatic imine (C=N–C) groups is 1. The zero-order valence-corrected chi connectivity index (χ0v) is 18.8. The maximum absolute atomic E-state index is 11.8. The Morgan fingerprint density at radius 2 is 1.86 bits per heavy atom. The fourth-order valence-corrected chi connectivity index (χ4v) is 3.13. The topological polar surface area (TPSA) is 75.6 Å². The number of piperazine rings is 1. The van der Waals surface area contributed by atoms with Crippen molar-refractivity contribution in [3.8, 4) is 11.5 Å². The van der Waals surface area contributed by atoms with Crippen LogP contribution in [-0.4, -0.2) is 74.5 Å². The van der Waals surface area contributed by atoms with Gasteiger partial charge in [-0.05, 0) is 38.0 Å². The van der Waals surface area contributed by atoms with E-state index in [2.05, 4.69) is 17.1 Å². The molecule has 0 saturated carbocycles. The minimum Gasteiger partial charge on any atom is -0.454 e. The van der Waals surface area contributed by atoms with Gasteiger partial charge in [-0.2, -0.15) is 0 Å². The first-order valence-electron chi connectivity index (χ1n) is 9.54. The Labute approximate surface area is 183 Å². The number of carbonyl (C=O) groups excluding carboxylic acids is 1. The highest BCUT2D eigenvalue weighted by molar-refractivity contribution is 14.0.